The summed E-state index contributed by atoms with van der Waals surface area (Å²) in [5.74, 6) is -0.296. The highest BCUT2D eigenvalue weighted by molar-refractivity contribution is 5.87. The third kappa shape index (κ3) is 3.35. The maximum Gasteiger partial charge on any atom is 0.338 e. The number of furan rings is 1. The van der Waals surface area contributed by atoms with Crippen LogP contribution in [0.25, 0.3) is 0 Å². The Labute approximate surface area is 111 Å². The molecule has 1 amide bonds. The average Bonchev–Trinajstić information content (AvgIpc) is 2.87. The van der Waals surface area contributed by atoms with Crippen molar-refractivity contribution in [1.29, 1.82) is 0 Å². The summed E-state index contributed by atoms with van der Waals surface area (Å²) in [7, 11) is 1.65. The van der Waals surface area contributed by atoms with E-state index in [0.29, 0.717) is 18.8 Å². The number of nitrogens with one attached hydrogen (secondary N) is 1. The first-order valence-corrected chi connectivity index (χ1v) is 6.35. The number of nitrogens with zero attached hydrogens (tertiary/aromatic N) is 1. The Morgan fingerprint density at radius 1 is 1.58 bits per heavy atom. The highest BCUT2D eigenvalue weighted by Crippen LogP contribution is 2.19. The lowest BCUT2D eigenvalue weighted by Crippen LogP contribution is -2.41. The van der Waals surface area contributed by atoms with Gasteiger partial charge in [0.05, 0.1) is 18.0 Å². The van der Waals surface area contributed by atoms with Crippen molar-refractivity contribution >= 4 is 11.9 Å². The first-order chi connectivity index (χ1) is 9.10. The Hall–Kier alpha value is -1.82. The summed E-state index contributed by atoms with van der Waals surface area (Å²) >= 11 is 0. The minimum atomic E-state index is -0.989. The predicted molar refractivity (Wildman–Crippen MR) is 67.7 cm³/mol. The molecular weight excluding hydrogens is 248 g/mol. The van der Waals surface area contributed by atoms with E-state index >= 15 is 0 Å². The van der Waals surface area contributed by atoms with Crippen molar-refractivity contribution in [2.45, 2.75) is 19.4 Å². The molecule has 0 saturated carbocycles. The van der Waals surface area contributed by atoms with E-state index in [1.807, 2.05) is 0 Å². The summed E-state index contributed by atoms with van der Waals surface area (Å²) in [6.45, 7) is 2.13. The number of likely N-dealkylation sites (tertiary alicyclic amines) is 1. The molecule has 104 valence electrons. The van der Waals surface area contributed by atoms with Crippen LogP contribution in [0.1, 0.15) is 29.0 Å². The van der Waals surface area contributed by atoms with Crippen molar-refractivity contribution in [2.24, 2.45) is 5.92 Å². The standard InChI is InChI=1S/C13H18N2O4/c1-14-12(16)9-3-2-4-15(6-9)7-11-5-10(8-19-11)13(17)18/h5,8-9H,2-4,6-7H2,1H3,(H,14,16)(H,17,18). The number of rotatable bonds is 4. The summed E-state index contributed by atoms with van der Waals surface area (Å²) in [5.41, 5.74) is 0.162. The van der Waals surface area contributed by atoms with Gasteiger partial charge in [-0.25, -0.2) is 4.79 Å². The van der Waals surface area contributed by atoms with Gasteiger partial charge in [-0.05, 0) is 25.5 Å². The number of hydrogen-bond donors (Lipinski definition) is 2. The third-order valence-corrected chi connectivity index (χ3v) is 3.40. The highest BCUT2D eigenvalue weighted by atomic mass is 16.4. The molecule has 1 aliphatic rings. The van der Waals surface area contributed by atoms with Crippen molar-refractivity contribution < 1.29 is 19.1 Å². The molecule has 1 aliphatic heterocycles. The van der Waals surface area contributed by atoms with Gasteiger partial charge in [0.25, 0.3) is 0 Å². The molecule has 0 aliphatic carbocycles. The molecule has 0 radical (unpaired) electrons. The lowest BCUT2D eigenvalue weighted by Gasteiger charge is -2.30. The molecule has 19 heavy (non-hydrogen) atoms. The molecule has 1 aromatic heterocycles. The van der Waals surface area contributed by atoms with E-state index in [1.54, 1.807) is 7.05 Å². The van der Waals surface area contributed by atoms with Gasteiger partial charge < -0.3 is 14.8 Å². The van der Waals surface area contributed by atoms with Crippen LogP contribution in [-0.2, 0) is 11.3 Å². The fraction of sp³-hybridized carbons (Fsp3) is 0.538. The first-order valence-electron chi connectivity index (χ1n) is 6.35. The van der Waals surface area contributed by atoms with E-state index in [4.69, 9.17) is 9.52 Å². The van der Waals surface area contributed by atoms with E-state index < -0.39 is 5.97 Å². The van der Waals surface area contributed by atoms with Crippen molar-refractivity contribution in [2.75, 3.05) is 20.1 Å². The Bertz CT molecular complexity index is 469. The predicted octanol–water partition coefficient (Wildman–Crippen LogP) is 0.936. The molecular formula is C13H18N2O4. The third-order valence-electron chi connectivity index (χ3n) is 3.40. The minimum Gasteiger partial charge on any atom is -0.478 e. The van der Waals surface area contributed by atoms with Crippen LogP contribution in [0.5, 0.6) is 0 Å². The van der Waals surface area contributed by atoms with Gasteiger partial charge in [0.1, 0.15) is 12.0 Å². The monoisotopic (exact) mass is 266 g/mol. The topological polar surface area (TPSA) is 82.8 Å². The summed E-state index contributed by atoms with van der Waals surface area (Å²) in [5, 5.41) is 11.5. The van der Waals surface area contributed by atoms with E-state index in [2.05, 4.69) is 10.2 Å². The maximum atomic E-state index is 11.6. The lowest BCUT2D eigenvalue weighted by atomic mass is 9.97. The second-order valence-corrected chi connectivity index (χ2v) is 4.80. The van der Waals surface area contributed by atoms with E-state index in [9.17, 15) is 9.59 Å². The zero-order valence-corrected chi connectivity index (χ0v) is 10.9. The lowest BCUT2D eigenvalue weighted by molar-refractivity contribution is -0.126. The van der Waals surface area contributed by atoms with E-state index in [1.165, 1.54) is 12.3 Å². The van der Waals surface area contributed by atoms with Gasteiger partial charge in [-0.15, -0.1) is 0 Å². The van der Waals surface area contributed by atoms with Crippen LogP contribution < -0.4 is 5.32 Å². The number of carboxylic acid groups (broad SMARTS) is 1. The SMILES string of the molecule is CNC(=O)C1CCCN(Cc2cc(C(=O)O)co2)C1. The number of amides is 1. The molecule has 1 saturated heterocycles. The molecule has 1 fully saturated rings. The molecule has 0 spiro atoms. The Kier molecular flexibility index (Phi) is 4.21. The zero-order valence-electron chi connectivity index (χ0n) is 10.9. The molecule has 6 heteroatoms. The molecule has 6 nitrogen and oxygen atoms in total. The van der Waals surface area contributed by atoms with Crippen LogP contribution in [0.2, 0.25) is 0 Å². The number of aromatic carboxylic acids is 1. The van der Waals surface area contributed by atoms with Crippen LogP contribution in [0.15, 0.2) is 16.7 Å². The van der Waals surface area contributed by atoms with Gasteiger partial charge in [-0.3, -0.25) is 9.69 Å². The number of carboxylic acids is 1. The van der Waals surface area contributed by atoms with Crippen molar-refractivity contribution in [3.8, 4) is 0 Å². The van der Waals surface area contributed by atoms with Crippen LogP contribution in [0.4, 0.5) is 0 Å². The fourth-order valence-electron chi connectivity index (χ4n) is 2.41. The first kappa shape index (κ1) is 13.6. The molecule has 0 bridgehead atoms. The van der Waals surface area contributed by atoms with E-state index in [0.717, 1.165) is 19.4 Å². The molecule has 0 aromatic carbocycles. The maximum absolute atomic E-state index is 11.6. The molecule has 2 N–H and O–H groups in total. The summed E-state index contributed by atoms with van der Waals surface area (Å²) in [6, 6.07) is 1.53. The van der Waals surface area contributed by atoms with Crippen molar-refractivity contribution in [3.05, 3.63) is 23.7 Å². The molecule has 2 heterocycles. The average molecular weight is 266 g/mol. The van der Waals surface area contributed by atoms with E-state index in [-0.39, 0.29) is 17.4 Å². The van der Waals surface area contributed by atoms with Crippen LogP contribution >= 0.6 is 0 Å². The van der Waals surface area contributed by atoms with Crippen LogP contribution in [0, 0.1) is 5.92 Å². The summed E-state index contributed by atoms with van der Waals surface area (Å²) in [6.07, 6.45) is 3.11. The normalized spacial score (nSPS) is 20.2. The Balaban J connectivity index is 1.94. The Morgan fingerprint density at radius 3 is 3.00 bits per heavy atom. The molecule has 1 atom stereocenters. The highest BCUT2D eigenvalue weighted by Gasteiger charge is 2.25. The van der Waals surface area contributed by atoms with Gasteiger partial charge in [0.2, 0.25) is 5.91 Å². The van der Waals surface area contributed by atoms with Gasteiger partial charge >= 0.3 is 5.97 Å². The van der Waals surface area contributed by atoms with Gasteiger partial charge in [-0.1, -0.05) is 0 Å². The second kappa shape index (κ2) is 5.88. The number of hydrogen-bond acceptors (Lipinski definition) is 4. The van der Waals surface area contributed by atoms with Gasteiger partial charge in [-0.2, -0.15) is 0 Å². The smallest absolute Gasteiger partial charge is 0.338 e. The molecule has 1 aromatic rings. The number of piperidine rings is 1. The van der Waals surface area contributed by atoms with Gasteiger partial charge in [0.15, 0.2) is 0 Å². The Morgan fingerprint density at radius 2 is 2.37 bits per heavy atom. The van der Waals surface area contributed by atoms with Crippen molar-refractivity contribution in [1.82, 2.24) is 10.2 Å². The number of carbonyl (C=O) groups is 2. The molecule has 2 rings (SSSR count). The molecule has 1 unspecified atom stereocenters. The summed E-state index contributed by atoms with van der Waals surface area (Å²) < 4.78 is 5.23. The minimum absolute atomic E-state index is 0.00709. The summed E-state index contributed by atoms with van der Waals surface area (Å²) in [4.78, 5) is 24.5. The van der Waals surface area contributed by atoms with Gasteiger partial charge in [0, 0.05) is 13.6 Å². The quantitative estimate of drug-likeness (QED) is 0.847. The van der Waals surface area contributed by atoms with Crippen LogP contribution in [-0.4, -0.2) is 42.0 Å². The fourth-order valence-corrected chi connectivity index (χ4v) is 2.41. The van der Waals surface area contributed by atoms with Crippen molar-refractivity contribution in [3.63, 3.8) is 0 Å². The zero-order chi connectivity index (χ0) is 13.8. The largest absolute Gasteiger partial charge is 0.478 e. The van der Waals surface area contributed by atoms with Crippen LogP contribution in [0.3, 0.4) is 0 Å². The number of carbonyl (C=O) groups excluding carboxylic acids is 1. The second-order valence-electron chi connectivity index (χ2n) is 4.80.